The van der Waals surface area contributed by atoms with Gasteiger partial charge in [0.15, 0.2) is 5.78 Å². The molecular formula is C14H17NO. The van der Waals surface area contributed by atoms with Gasteiger partial charge in [-0.3, -0.25) is 4.79 Å². The molecule has 0 radical (unpaired) electrons. The van der Waals surface area contributed by atoms with Gasteiger partial charge in [0, 0.05) is 6.42 Å². The molecule has 0 aromatic heterocycles. The topological polar surface area (TPSA) is 40.9 Å². The molecule has 1 aromatic carbocycles. The number of carbonyl (C=O) groups is 1. The van der Waals surface area contributed by atoms with Crippen LogP contribution in [0.25, 0.3) is 0 Å². The number of nitriles is 1. The Morgan fingerprint density at radius 3 is 2.69 bits per heavy atom. The highest BCUT2D eigenvalue weighted by atomic mass is 16.1. The molecular weight excluding hydrogens is 198 g/mol. The largest absolute Gasteiger partial charge is 0.298 e. The van der Waals surface area contributed by atoms with Crippen LogP contribution in [0.3, 0.4) is 0 Å². The number of carbonyl (C=O) groups excluding carboxylic acids is 1. The lowest BCUT2D eigenvalue weighted by Crippen LogP contribution is -2.11. The van der Waals surface area contributed by atoms with E-state index in [1.165, 1.54) is 0 Å². The number of Topliss-reactive ketones (excluding diaryl/α,β-unsaturated/α-hetero) is 1. The second-order valence-corrected chi connectivity index (χ2v) is 4.14. The molecule has 1 rings (SSSR count). The van der Waals surface area contributed by atoms with E-state index in [0.717, 1.165) is 23.1 Å². The maximum atomic E-state index is 11.8. The van der Waals surface area contributed by atoms with Gasteiger partial charge in [0.2, 0.25) is 0 Å². The van der Waals surface area contributed by atoms with Crippen molar-refractivity contribution in [2.75, 3.05) is 0 Å². The highest BCUT2D eigenvalue weighted by Gasteiger charge is 2.20. The number of nitrogens with zero attached hydrogens (tertiary/aromatic N) is 1. The lowest BCUT2D eigenvalue weighted by atomic mass is 9.89. The maximum absolute atomic E-state index is 11.8. The van der Waals surface area contributed by atoms with Crippen molar-refractivity contribution in [3.05, 3.63) is 34.9 Å². The Hall–Kier alpha value is -1.62. The minimum Gasteiger partial charge on any atom is -0.298 e. The summed E-state index contributed by atoms with van der Waals surface area (Å²) in [5.41, 5.74) is 2.97. The van der Waals surface area contributed by atoms with E-state index in [4.69, 9.17) is 5.26 Å². The third-order valence-corrected chi connectivity index (χ3v) is 2.69. The van der Waals surface area contributed by atoms with Gasteiger partial charge in [-0.25, -0.2) is 0 Å². The van der Waals surface area contributed by atoms with E-state index in [1.54, 1.807) is 0 Å². The van der Waals surface area contributed by atoms with E-state index >= 15 is 0 Å². The summed E-state index contributed by atoms with van der Waals surface area (Å²) in [6.45, 7) is 5.87. The van der Waals surface area contributed by atoms with Crippen molar-refractivity contribution in [1.29, 1.82) is 5.26 Å². The molecule has 2 heteroatoms. The molecule has 0 fully saturated rings. The molecule has 0 saturated carbocycles. The SMILES string of the molecule is CCCC(=O)C(C#N)c1cc(C)ccc1C. The fraction of sp³-hybridized carbons (Fsp3) is 0.429. The number of ketones is 1. The highest BCUT2D eigenvalue weighted by molar-refractivity contribution is 5.88. The van der Waals surface area contributed by atoms with Crippen LogP contribution in [-0.4, -0.2) is 5.78 Å². The molecule has 1 aromatic rings. The average molecular weight is 215 g/mol. The minimum atomic E-state index is -0.597. The zero-order valence-electron chi connectivity index (χ0n) is 10.1. The van der Waals surface area contributed by atoms with Crippen molar-refractivity contribution in [2.45, 2.75) is 39.5 Å². The number of benzene rings is 1. The molecule has 2 nitrogen and oxygen atoms in total. The van der Waals surface area contributed by atoms with Crippen LogP contribution in [0.1, 0.15) is 42.4 Å². The molecule has 0 spiro atoms. The van der Waals surface area contributed by atoms with Gasteiger partial charge >= 0.3 is 0 Å². The number of hydrogen-bond acceptors (Lipinski definition) is 2. The first kappa shape index (κ1) is 12.4. The Kier molecular flexibility index (Phi) is 4.25. The molecule has 0 saturated heterocycles. The summed E-state index contributed by atoms with van der Waals surface area (Å²) >= 11 is 0. The van der Waals surface area contributed by atoms with Crippen LogP contribution in [0.4, 0.5) is 0 Å². The minimum absolute atomic E-state index is 0.0266. The summed E-state index contributed by atoms with van der Waals surface area (Å²) in [6.07, 6.45) is 1.27. The predicted octanol–water partition coefficient (Wildman–Crippen LogP) is 3.28. The Balaban J connectivity index is 3.09. The van der Waals surface area contributed by atoms with Crippen LogP contribution in [0.5, 0.6) is 0 Å². The van der Waals surface area contributed by atoms with Gasteiger partial charge in [-0.05, 0) is 31.4 Å². The van der Waals surface area contributed by atoms with Crippen molar-refractivity contribution < 1.29 is 4.79 Å². The Bertz CT molecular complexity index is 429. The van der Waals surface area contributed by atoms with Gasteiger partial charge in [0.1, 0.15) is 5.92 Å². The molecule has 0 aliphatic rings. The normalized spacial score (nSPS) is 11.9. The first-order valence-electron chi connectivity index (χ1n) is 5.59. The summed E-state index contributed by atoms with van der Waals surface area (Å²) in [6, 6.07) is 8.03. The molecule has 16 heavy (non-hydrogen) atoms. The summed E-state index contributed by atoms with van der Waals surface area (Å²) in [4.78, 5) is 11.8. The molecule has 0 heterocycles. The standard InChI is InChI=1S/C14H17NO/c1-4-5-14(16)13(9-15)12-8-10(2)6-7-11(12)3/h6-8,13H,4-5H2,1-3H3. The van der Waals surface area contributed by atoms with Crippen LogP contribution >= 0.6 is 0 Å². The fourth-order valence-corrected chi connectivity index (χ4v) is 1.78. The number of rotatable bonds is 4. The predicted molar refractivity (Wildman–Crippen MR) is 64.2 cm³/mol. The van der Waals surface area contributed by atoms with Crippen LogP contribution in [-0.2, 0) is 4.79 Å². The molecule has 0 amide bonds. The van der Waals surface area contributed by atoms with Gasteiger partial charge in [-0.1, -0.05) is 30.7 Å². The first-order chi connectivity index (χ1) is 7.60. The fourth-order valence-electron chi connectivity index (χ4n) is 1.78. The Morgan fingerprint density at radius 1 is 1.44 bits per heavy atom. The van der Waals surface area contributed by atoms with E-state index in [-0.39, 0.29) is 5.78 Å². The Morgan fingerprint density at radius 2 is 2.12 bits per heavy atom. The van der Waals surface area contributed by atoms with Gasteiger partial charge in [0.25, 0.3) is 0 Å². The molecule has 84 valence electrons. The highest BCUT2D eigenvalue weighted by Crippen LogP contribution is 2.23. The third-order valence-electron chi connectivity index (χ3n) is 2.69. The zero-order chi connectivity index (χ0) is 12.1. The molecule has 0 aliphatic heterocycles. The van der Waals surface area contributed by atoms with Crippen molar-refractivity contribution in [1.82, 2.24) is 0 Å². The summed E-state index contributed by atoms with van der Waals surface area (Å²) in [7, 11) is 0. The summed E-state index contributed by atoms with van der Waals surface area (Å²) < 4.78 is 0. The molecule has 0 N–H and O–H groups in total. The summed E-state index contributed by atoms with van der Waals surface area (Å²) in [5.74, 6) is -0.571. The molecule has 0 aliphatic carbocycles. The van der Waals surface area contributed by atoms with Crippen molar-refractivity contribution in [3.8, 4) is 6.07 Å². The average Bonchev–Trinajstić information content (AvgIpc) is 2.24. The van der Waals surface area contributed by atoms with E-state index in [2.05, 4.69) is 6.07 Å². The second-order valence-electron chi connectivity index (χ2n) is 4.14. The smallest absolute Gasteiger partial charge is 0.154 e. The molecule has 0 bridgehead atoms. The molecule has 1 unspecified atom stereocenters. The van der Waals surface area contributed by atoms with E-state index in [0.29, 0.717) is 6.42 Å². The van der Waals surface area contributed by atoms with Crippen LogP contribution in [0, 0.1) is 25.2 Å². The third kappa shape index (κ3) is 2.70. The van der Waals surface area contributed by atoms with Crippen molar-refractivity contribution in [3.63, 3.8) is 0 Å². The van der Waals surface area contributed by atoms with Gasteiger partial charge in [0.05, 0.1) is 6.07 Å². The first-order valence-corrected chi connectivity index (χ1v) is 5.59. The second kappa shape index (κ2) is 5.46. The number of hydrogen-bond donors (Lipinski definition) is 0. The monoisotopic (exact) mass is 215 g/mol. The lowest BCUT2D eigenvalue weighted by molar-refractivity contribution is -0.119. The Labute approximate surface area is 96.9 Å². The van der Waals surface area contributed by atoms with E-state index < -0.39 is 5.92 Å². The van der Waals surface area contributed by atoms with Crippen LogP contribution < -0.4 is 0 Å². The maximum Gasteiger partial charge on any atom is 0.154 e. The van der Waals surface area contributed by atoms with Gasteiger partial charge in [-0.2, -0.15) is 5.26 Å². The lowest BCUT2D eigenvalue weighted by Gasteiger charge is -2.11. The molecule has 1 atom stereocenters. The van der Waals surface area contributed by atoms with Crippen LogP contribution in [0.2, 0.25) is 0 Å². The van der Waals surface area contributed by atoms with Crippen LogP contribution in [0.15, 0.2) is 18.2 Å². The van der Waals surface area contributed by atoms with E-state index in [1.807, 2.05) is 39.0 Å². The summed E-state index contributed by atoms with van der Waals surface area (Å²) in [5, 5.41) is 9.12. The van der Waals surface area contributed by atoms with Crippen molar-refractivity contribution in [2.24, 2.45) is 0 Å². The van der Waals surface area contributed by atoms with Gasteiger partial charge in [-0.15, -0.1) is 0 Å². The van der Waals surface area contributed by atoms with Crippen molar-refractivity contribution >= 4 is 5.78 Å². The number of aryl methyl sites for hydroxylation is 2. The van der Waals surface area contributed by atoms with E-state index in [9.17, 15) is 4.79 Å². The van der Waals surface area contributed by atoms with Gasteiger partial charge < -0.3 is 0 Å². The quantitative estimate of drug-likeness (QED) is 0.773. The zero-order valence-corrected chi connectivity index (χ0v) is 10.1.